The highest BCUT2D eigenvalue weighted by molar-refractivity contribution is 6.28. The maximum Gasteiger partial charge on any atom is 0.308 e. The van der Waals surface area contributed by atoms with Crippen LogP contribution in [0.25, 0.3) is 0 Å². The molecule has 0 saturated carbocycles. The smallest absolute Gasteiger partial charge is 0.308 e. The van der Waals surface area contributed by atoms with Crippen molar-refractivity contribution in [3.05, 3.63) is 22.7 Å². The Morgan fingerprint density at radius 1 is 1.50 bits per heavy atom. The van der Waals surface area contributed by atoms with E-state index in [9.17, 15) is 9.59 Å². The van der Waals surface area contributed by atoms with E-state index in [2.05, 4.69) is 15.3 Å². The van der Waals surface area contributed by atoms with Crippen molar-refractivity contribution in [2.45, 2.75) is 20.3 Å². The van der Waals surface area contributed by atoms with E-state index < -0.39 is 17.8 Å². The average molecular weight is 272 g/mol. The molecule has 0 aliphatic carbocycles. The molecule has 1 unspecified atom stereocenters. The molecule has 0 bridgehead atoms. The van der Waals surface area contributed by atoms with Crippen LogP contribution in [0.4, 0.5) is 0 Å². The van der Waals surface area contributed by atoms with Crippen molar-refractivity contribution in [1.82, 2.24) is 15.3 Å². The Morgan fingerprint density at radius 3 is 2.67 bits per heavy atom. The van der Waals surface area contributed by atoms with Gasteiger partial charge in [-0.3, -0.25) is 9.59 Å². The number of aliphatic carboxylic acids is 1. The average Bonchev–Trinajstić information content (AvgIpc) is 2.27. The number of hydrogen-bond acceptors (Lipinski definition) is 4. The summed E-state index contributed by atoms with van der Waals surface area (Å²) in [5.41, 5.74) is 0.707. The zero-order valence-corrected chi connectivity index (χ0v) is 10.9. The van der Waals surface area contributed by atoms with Crippen LogP contribution in [0, 0.1) is 12.8 Å². The summed E-state index contributed by atoms with van der Waals surface area (Å²) in [6.45, 7) is 3.50. The first-order chi connectivity index (χ1) is 8.43. The molecule has 0 radical (unpaired) electrons. The largest absolute Gasteiger partial charge is 0.481 e. The predicted octanol–water partition coefficient (Wildman–Crippen LogP) is 1.28. The first-order valence-corrected chi connectivity index (χ1v) is 5.84. The van der Waals surface area contributed by atoms with Crippen LogP contribution in [-0.2, 0) is 4.79 Å². The second-order valence-corrected chi connectivity index (χ2v) is 4.16. The fourth-order valence-electron chi connectivity index (χ4n) is 1.36. The van der Waals surface area contributed by atoms with E-state index in [1.54, 1.807) is 13.8 Å². The Kier molecular flexibility index (Phi) is 5.03. The molecule has 18 heavy (non-hydrogen) atoms. The maximum absolute atomic E-state index is 11.7. The monoisotopic (exact) mass is 271 g/mol. The standard InChI is InChI=1S/C11H14ClN3O3/c1-3-7(10(17)18)5-13-9(16)8-4-6(2)14-11(12)15-8/h4,7H,3,5H2,1-2H3,(H,13,16)(H,17,18). The Morgan fingerprint density at radius 2 is 2.17 bits per heavy atom. The van der Waals surface area contributed by atoms with Gasteiger partial charge < -0.3 is 10.4 Å². The van der Waals surface area contributed by atoms with E-state index in [4.69, 9.17) is 16.7 Å². The summed E-state index contributed by atoms with van der Waals surface area (Å²) in [6.07, 6.45) is 0.444. The lowest BCUT2D eigenvalue weighted by Crippen LogP contribution is -2.33. The highest BCUT2D eigenvalue weighted by atomic mass is 35.5. The molecule has 0 aromatic carbocycles. The van der Waals surface area contributed by atoms with Crippen LogP contribution in [0.2, 0.25) is 5.28 Å². The number of aryl methyl sites for hydroxylation is 1. The van der Waals surface area contributed by atoms with Gasteiger partial charge in [0, 0.05) is 12.2 Å². The molecule has 0 fully saturated rings. The van der Waals surface area contributed by atoms with Gasteiger partial charge in [0.25, 0.3) is 5.91 Å². The van der Waals surface area contributed by atoms with Crippen LogP contribution in [0.1, 0.15) is 29.5 Å². The quantitative estimate of drug-likeness (QED) is 0.787. The lowest BCUT2D eigenvalue weighted by molar-refractivity contribution is -0.141. The van der Waals surface area contributed by atoms with Gasteiger partial charge in [-0.1, -0.05) is 6.92 Å². The molecule has 0 saturated heterocycles. The van der Waals surface area contributed by atoms with Gasteiger partial charge in [-0.2, -0.15) is 0 Å². The van der Waals surface area contributed by atoms with Crippen molar-refractivity contribution in [2.24, 2.45) is 5.92 Å². The number of amides is 1. The van der Waals surface area contributed by atoms with Crippen molar-refractivity contribution in [3.8, 4) is 0 Å². The number of nitrogens with zero attached hydrogens (tertiary/aromatic N) is 2. The van der Waals surface area contributed by atoms with E-state index in [0.29, 0.717) is 12.1 Å². The molecular formula is C11H14ClN3O3. The van der Waals surface area contributed by atoms with Crippen molar-refractivity contribution >= 4 is 23.5 Å². The molecule has 7 heteroatoms. The highest BCUT2D eigenvalue weighted by Crippen LogP contribution is 2.06. The van der Waals surface area contributed by atoms with Gasteiger partial charge in [-0.25, -0.2) is 9.97 Å². The summed E-state index contributed by atoms with van der Waals surface area (Å²) >= 11 is 5.64. The first-order valence-electron chi connectivity index (χ1n) is 5.46. The molecule has 1 rings (SSSR count). The number of halogens is 1. The second-order valence-electron chi connectivity index (χ2n) is 3.82. The molecule has 1 aromatic heterocycles. The van der Waals surface area contributed by atoms with Crippen molar-refractivity contribution in [2.75, 3.05) is 6.54 Å². The Bertz CT molecular complexity index is 445. The molecule has 1 amide bonds. The lowest BCUT2D eigenvalue weighted by Gasteiger charge is -2.10. The zero-order valence-electron chi connectivity index (χ0n) is 10.1. The van der Waals surface area contributed by atoms with Gasteiger partial charge >= 0.3 is 5.97 Å². The number of nitrogens with one attached hydrogen (secondary N) is 1. The number of carboxylic acids is 1. The minimum atomic E-state index is -0.935. The zero-order chi connectivity index (χ0) is 13.7. The Labute approximate surface area is 109 Å². The molecular weight excluding hydrogens is 258 g/mol. The number of carbonyl (C=O) groups is 2. The summed E-state index contributed by atoms with van der Waals surface area (Å²) < 4.78 is 0. The molecule has 0 aliphatic rings. The van der Waals surface area contributed by atoms with Crippen LogP contribution in [0.5, 0.6) is 0 Å². The van der Waals surface area contributed by atoms with E-state index in [1.807, 2.05) is 0 Å². The minimum Gasteiger partial charge on any atom is -0.481 e. The highest BCUT2D eigenvalue weighted by Gasteiger charge is 2.17. The van der Waals surface area contributed by atoms with Crippen LogP contribution >= 0.6 is 11.6 Å². The molecule has 2 N–H and O–H groups in total. The molecule has 1 atom stereocenters. The second kappa shape index (κ2) is 6.30. The van der Waals surface area contributed by atoms with Gasteiger partial charge in [-0.15, -0.1) is 0 Å². The third-order valence-electron chi connectivity index (χ3n) is 2.41. The van der Waals surface area contributed by atoms with Crippen LogP contribution < -0.4 is 5.32 Å². The van der Waals surface area contributed by atoms with Gasteiger partial charge in [0.1, 0.15) is 5.69 Å². The number of carbonyl (C=O) groups excluding carboxylic acids is 1. The van der Waals surface area contributed by atoms with Gasteiger partial charge in [0.05, 0.1) is 5.92 Å². The summed E-state index contributed by atoms with van der Waals surface area (Å²) in [4.78, 5) is 30.1. The number of aromatic nitrogens is 2. The van der Waals surface area contributed by atoms with Crippen LogP contribution in [0.3, 0.4) is 0 Å². The number of hydrogen-bond donors (Lipinski definition) is 2. The minimum absolute atomic E-state index is 0.00886. The van der Waals surface area contributed by atoms with Crippen LogP contribution in [0.15, 0.2) is 6.07 Å². The first kappa shape index (κ1) is 14.4. The third-order valence-corrected chi connectivity index (χ3v) is 2.58. The molecule has 0 aliphatic heterocycles. The predicted molar refractivity (Wildman–Crippen MR) is 65.5 cm³/mol. The summed E-state index contributed by atoms with van der Waals surface area (Å²) in [7, 11) is 0. The summed E-state index contributed by atoms with van der Waals surface area (Å²) in [5.74, 6) is -2.00. The van der Waals surface area contributed by atoms with Crippen LogP contribution in [-0.4, -0.2) is 33.5 Å². The molecule has 0 spiro atoms. The Balaban J connectivity index is 2.68. The molecule has 98 valence electrons. The van der Waals surface area contributed by atoms with Crippen molar-refractivity contribution in [1.29, 1.82) is 0 Å². The van der Waals surface area contributed by atoms with Crippen molar-refractivity contribution < 1.29 is 14.7 Å². The van der Waals surface area contributed by atoms with Gasteiger partial charge in [0.2, 0.25) is 5.28 Å². The van der Waals surface area contributed by atoms with E-state index >= 15 is 0 Å². The van der Waals surface area contributed by atoms with E-state index in [1.165, 1.54) is 6.07 Å². The SMILES string of the molecule is CCC(CNC(=O)c1cc(C)nc(Cl)n1)C(=O)O. The lowest BCUT2D eigenvalue weighted by atomic mass is 10.1. The summed E-state index contributed by atoms with van der Waals surface area (Å²) in [6, 6.07) is 1.49. The van der Waals surface area contributed by atoms with Gasteiger partial charge in [0.15, 0.2) is 0 Å². The Hall–Kier alpha value is -1.69. The fraction of sp³-hybridized carbons (Fsp3) is 0.455. The molecule has 1 aromatic rings. The number of carboxylic acid groups (broad SMARTS) is 1. The number of rotatable bonds is 5. The fourth-order valence-corrected chi connectivity index (χ4v) is 1.59. The summed E-state index contributed by atoms with van der Waals surface area (Å²) in [5, 5.41) is 11.4. The van der Waals surface area contributed by atoms with Gasteiger partial charge in [-0.05, 0) is 31.0 Å². The van der Waals surface area contributed by atoms with E-state index in [0.717, 1.165) is 0 Å². The third kappa shape index (κ3) is 3.96. The van der Waals surface area contributed by atoms with E-state index in [-0.39, 0.29) is 17.5 Å². The normalized spacial score (nSPS) is 11.9. The molecule has 6 nitrogen and oxygen atoms in total. The topological polar surface area (TPSA) is 92.2 Å². The molecule has 1 heterocycles. The van der Waals surface area contributed by atoms with Crippen molar-refractivity contribution in [3.63, 3.8) is 0 Å². The maximum atomic E-state index is 11.7.